The van der Waals surface area contributed by atoms with E-state index in [1.807, 2.05) is 7.05 Å². The molecular weight excluding hydrogens is 164 g/mol. The molecule has 0 aromatic rings. The van der Waals surface area contributed by atoms with E-state index in [0.717, 1.165) is 25.8 Å². The highest BCUT2D eigenvalue weighted by Gasteiger charge is 2.32. The Hall–Kier alpha value is -0.570. The maximum atomic E-state index is 11.6. The molecule has 3 heteroatoms. The second-order valence-electron chi connectivity index (χ2n) is 3.90. The number of rotatable bonds is 3. The SMILES string of the molecule is CCCNC(=O)[C@@H]1CC[C@H](C)N1C. The Morgan fingerprint density at radius 2 is 2.23 bits per heavy atom. The van der Waals surface area contributed by atoms with Crippen molar-refractivity contribution in [2.45, 2.75) is 45.2 Å². The molecule has 0 spiro atoms. The van der Waals surface area contributed by atoms with Crippen molar-refractivity contribution in [2.24, 2.45) is 0 Å². The van der Waals surface area contributed by atoms with Crippen LogP contribution in [-0.2, 0) is 4.79 Å². The van der Waals surface area contributed by atoms with Gasteiger partial charge >= 0.3 is 0 Å². The number of carbonyl (C=O) groups is 1. The third-order valence-electron chi connectivity index (χ3n) is 2.90. The molecule has 0 saturated carbocycles. The van der Waals surface area contributed by atoms with E-state index in [4.69, 9.17) is 0 Å². The number of hydrogen-bond donors (Lipinski definition) is 1. The Kier molecular flexibility index (Phi) is 3.72. The fraction of sp³-hybridized carbons (Fsp3) is 0.900. The average molecular weight is 184 g/mol. The molecule has 0 aromatic heterocycles. The summed E-state index contributed by atoms with van der Waals surface area (Å²) in [5.74, 6) is 0.203. The van der Waals surface area contributed by atoms with Crippen molar-refractivity contribution in [1.29, 1.82) is 0 Å². The number of nitrogens with zero attached hydrogens (tertiary/aromatic N) is 1. The lowest BCUT2D eigenvalue weighted by Crippen LogP contribution is -2.43. The van der Waals surface area contributed by atoms with E-state index < -0.39 is 0 Å². The number of likely N-dealkylation sites (tertiary alicyclic amines) is 1. The summed E-state index contributed by atoms with van der Waals surface area (Å²) in [7, 11) is 2.04. The summed E-state index contributed by atoms with van der Waals surface area (Å²) >= 11 is 0. The predicted molar refractivity (Wildman–Crippen MR) is 53.5 cm³/mol. The van der Waals surface area contributed by atoms with Crippen LogP contribution in [0.15, 0.2) is 0 Å². The summed E-state index contributed by atoms with van der Waals surface area (Å²) in [6.07, 6.45) is 3.16. The minimum Gasteiger partial charge on any atom is -0.355 e. The molecule has 1 aliphatic rings. The van der Waals surface area contributed by atoms with Crippen molar-refractivity contribution in [3.05, 3.63) is 0 Å². The molecule has 0 aromatic carbocycles. The molecule has 13 heavy (non-hydrogen) atoms. The molecule has 0 bridgehead atoms. The largest absolute Gasteiger partial charge is 0.355 e. The minimum atomic E-state index is 0.113. The molecule has 3 nitrogen and oxygen atoms in total. The predicted octanol–water partition coefficient (Wildman–Crippen LogP) is 0.995. The van der Waals surface area contributed by atoms with E-state index in [0.29, 0.717) is 6.04 Å². The highest BCUT2D eigenvalue weighted by atomic mass is 16.2. The van der Waals surface area contributed by atoms with E-state index in [-0.39, 0.29) is 11.9 Å². The molecule has 2 atom stereocenters. The second-order valence-corrected chi connectivity index (χ2v) is 3.90. The third kappa shape index (κ3) is 2.44. The standard InChI is InChI=1S/C10H20N2O/c1-4-7-11-10(13)9-6-5-8(2)12(9)3/h8-9H,4-7H2,1-3H3,(H,11,13)/t8-,9-/m0/s1. The summed E-state index contributed by atoms with van der Waals surface area (Å²) in [4.78, 5) is 13.8. The highest BCUT2D eigenvalue weighted by molar-refractivity contribution is 5.82. The lowest BCUT2D eigenvalue weighted by Gasteiger charge is -2.22. The fourth-order valence-electron chi connectivity index (χ4n) is 1.80. The van der Waals surface area contributed by atoms with Crippen molar-refractivity contribution in [1.82, 2.24) is 10.2 Å². The normalized spacial score (nSPS) is 29.2. The topological polar surface area (TPSA) is 32.3 Å². The van der Waals surface area contributed by atoms with E-state index in [2.05, 4.69) is 24.1 Å². The van der Waals surface area contributed by atoms with Crippen molar-refractivity contribution in [3.8, 4) is 0 Å². The van der Waals surface area contributed by atoms with Gasteiger partial charge in [-0.3, -0.25) is 9.69 Å². The van der Waals surface area contributed by atoms with Crippen LogP contribution < -0.4 is 5.32 Å². The van der Waals surface area contributed by atoms with E-state index >= 15 is 0 Å². The van der Waals surface area contributed by atoms with Crippen LogP contribution in [0.1, 0.15) is 33.1 Å². The van der Waals surface area contributed by atoms with Gasteiger partial charge in [0.05, 0.1) is 6.04 Å². The molecule has 0 unspecified atom stereocenters. The van der Waals surface area contributed by atoms with Crippen LogP contribution in [0.25, 0.3) is 0 Å². The van der Waals surface area contributed by atoms with Gasteiger partial charge < -0.3 is 5.32 Å². The molecule has 0 radical (unpaired) electrons. The number of carbonyl (C=O) groups excluding carboxylic acids is 1. The first kappa shape index (κ1) is 10.5. The number of amides is 1. The van der Waals surface area contributed by atoms with Gasteiger partial charge in [0.15, 0.2) is 0 Å². The van der Waals surface area contributed by atoms with Crippen molar-refractivity contribution in [3.63, 3.8) is 0 Å². The Morgan fingerprint density at radius 1 is 1.54 bits per heavy atom. The van der Waals surface area contributed by atoms with Crippen LogP contribution in [0, 0.1) is 0 Å². The van der Waals surface area contributed by atoms with E-state index in [1.165, 1.54) is 0 Å². The molecule has 1 heterocycles. The van der Waals surface area contributed by atoms with E-state index in [1.54, 1.807) is 0 Å². The highest BCUT2D eigenvalue weighted by Crippen LogP contribution is 2.21. The molecule has 1 aliphatic heterocycles. The summed E-state index contributed by atoms with van der Waals surface area (Å²) in [5, 5.41) is 2.94. The second kappa shape index (κ2) is 4.61. The minimum absolute atomic E-state index is 0.113. The van der Waals surface area contributed by atoms with Gasteiger partial charge in [0.25, 0.3) is 0 Å². The first-order valence-corrected chi connectivity index (χ1v) is 5.16. The summed E-state index contributed by atoms with van der Waals surface area (Å²) in [6, 6.07) is 0.666. The Labute approximate surface area is 80.5 Å². The lowest BCUT2D eigenvalue weighted by atomic mass is 10.2. The van der Waals surface area contributed by atoms with Crippen LogP contribution in [0.4, 0.5) is 0 Å². The molecular formula is C10H20N2O. The van der Waals surface area contributed by atoms with Gasteiger partial charge in [-0.05, 0) is 33.2 Å². The van der Waals surface area contributed by atoms with Gasteiger partial charge in [0, 0.05) is 12.6 Å². The molecule has 1 fully saturated rings. The number of nitrogens with one attached hydrogen (secondary N) is 1. The number of hydrogen-bond acceptors (Lipinski definition) is 2. The molecule has 0 aliphatic carbocycles. The molecule has 1 amide bonds. The molecule has 1 N–H and O–H groups in total. The molecule has 76 valence electrons. The monoisotopic (exact) mass is 184 g/mol. The van der Waals surface area contributed by atoms with Gasteiger partial charge in [-0.25, -0.2) is 0 Å². The molecule has 1 rings (SSSR count). The van der Waals surface area contributed by atoms with Crippen LogP contribution >= 0.6 is 0 Å². The smallest absolute Gasteiger partial charge is 0.237 e. The summed E-state index contributed by atoms with van der Waals surface area (Å²) < 4.78 is 0. The van der Waals surface area contributed by atoms with Crippen LogP contribution in [-0.4, -0.2) is 36.5 Å². The first-order valence-electron chi connectivity index (χ1n) is 5.16. The fourth-order valence-corrected chi connectivity index (χ4v) is 1.80. The maximum absolute atomic E-state index is 11.6. The van der Waals surface area contributed by atoms with Crippen LogP contribution in [0.3, 0.4) is 0 Å². The number of likely N-dealkylation sites (N-methyl/N-ethyl adjacent to an activating group) is 1. The zero-order valence-corrected chi connectivity index (χ0v) is 8.84. The van der Waals surface area contributed by atoms with Crippen LogP contribution in [0.2, 0.25) is 0 Å². The Morgan fingerprint density at radius 3 is 2.69 bits per heavy atom. The molecule has 1 saturated heterocycles. The van der Waals surface area contributed by atoms with Gasteiger partial charge in [-0.15, -0.1) is 0 Å². The van der Waals surface area contributed by atoms with Crippen molar-refractivity contribution in [2.75, 3.05) is 13.6 Å². The quantitative estimate of drug-likeness (QED) is 0.709. The first-order chi connectivity index (χ1) is 6.16. The third-order valence-corrected chi connectivity index (χ3v) is 2.90. The van der Waals surface area contributed by atoms with Crippen LogP contribution in [0.5, 0.6) is 0 Å². The van der Waals surface area contributed by atoms with Gasteiger partial charge in [-0.1, -0.05) is 6.92 Å². The average Bonchev–Trinajstić information content (AvgIpc) is 2.44. The zero-order chi connectivity index (χ0) is 9.84. The van der Waals surface area contributed by atoms with Gasteiger partial charge in [0.1, 0.15) is 0 Å². The summed E-state index contributed by atoms with van der Waals surface area (Å²) in [6.45, 7) is 5.05. The summed E-state index contributed by atoms with van der Waals surface area (Å²) in [5.41, 5.74) is 0. The Bertz CT molecular complexity index is 182. The van der Waals surface area contributed by atoms with Crippen molar-refractivity contribution >= 4 is 5.91 Å². The lowest BCUT2D eigenvalue weighted by molar-refractivity contribution is -0.125. The van der Waals surface area contributed by atoms with Crippen molar-refractivity contribution < 1.29 is 4.79 Å². The van der Waals surface area contributed by atoms with Gasteiger partial charge in [0.2, 0.25) is 5.91 Å². The maximum Gasteiger partial charge on any atom is 0.237 e. The van der Waals surface area contributed by atoms with Gasteiger partial charge in [-0.2, -0.15) is 0 Å². The van der Waals surface area contributed by atoms with E-state index in [9.17, 15) is 4.79 Å². The Balaban J connectivity index is 2.39. The zero-order valence-electron chi connectivity index (χ0n) is 8.84.